The minimum Gasteiger partial charge on any atom is -0.378 e. The number of nitriles is 1. The number of fused-ring (bicyclic) bond motifs is 8. The summed E-state index contributed by atoms with van der Waals surface area (Å²) in [5.41, 5.74) is 5.69. The smallest absolute Gasteiger partial charge is 0.224 e. The average molecular weight is 387 g/mol. The van der Waals surface area contributed by atoms with Crippen LogP contribution in [0.15, 0.2) is 30.3 Å². The van der Waals surface area contributed by atoms with Crippen molar-refractivity contribution in [2.75, 3.05) is 10.6 Å². The predicted molar refractivity (Wildman–Crippen MR) is 108 cm³/mol. The molecule has 4 nitrogen and oxygen atoms in total. The molecule has 29 heavy (non-hydrogen) atoms. The molecule has 2 bridgehead atoms. The molecule has 1 amide bonds. The lowest BCUT2D eigenvalue weighted by Crippen LogP contribution is -2.36. The van der Waals surface area contributed by atoms with Gasteiger partial charge >= 0.3 is 0 Å². The Hall–Kier alpha value is -2.87. The molecule has 2 aliphatic carbocycles. The summed E-state index contributed by atoms with van der Waals surface area (Å²) < 4.78 is 13.9. The number of anilines is 2. The van der Waals surface area contributed by atoms with Crippen molar-refractivity contribution in [1.82, 2.24) is 0 Å². The zero-order valence-electron chi connectivity index (χ0n) is 16.0. The molecule has 2 fully saturated rings. The van der Waals surface area contributed by atoms with Crippen molar-refractivity contribution >= 4 is 17.3 Å². The number of rotatable bonds is 1. The third-order valence-electron chi connectivity index (χ3n) is 7.68. The molecule has 2 saturated carbocycles. The molecule has 2 aromatic rings. The van der Waals surface area contributed by atoms with Gasteiger partial charge in [-0.3, -0.25) is 4.79 Å². The standard InChI is InChI=1S/C24H22FN3O/c25-18-5-3-15(8-16(18)11-26)24-23-14-2-1-13(7-14)22(23)17-9-12-4-6-21(29)27-19(12)10-20(17)28-24/h3,5,8-10,13-14,22-24,28H,1-2,4,6-7H2,(H,27,29)/t13-,14-,22-,23-,24+/m1/s1. The molecule has 2 N–H and O–H groups in total. The number of hydrogen-bond acceptors (Lipinski definition) is 3. The maximum atomic E-state index is 13.9. The highest BCUT2D eigenvalue weighted by Crippen LogP contribution is 2.64. The van der Waals surface area contributed by atoms with Crippen molar-refractivity contribution in [1.29, 1.82) is 5.26 Å². The number of halogens is 1. The number of amides is 1. The van der Waals surface area contributed by atoms with E-state index >= 15 is 0 Å². The summed E-state index contributed by atoms with van der Waals surface area (Å²) in [7, 11) is 0. The Morgan fingerprint density at radius 3 is 2.79 bits per heavy atom. The zero-order chi connectivity index (χ0) is 19.7. The highest BCUT2D eigenvalue weighted by Gasteiger charge is 2.54. The molecule has 0 spiro atoms. The number of benzene rings is 2. The van der Waals surface area contributed by atoms with Crippen LogP contribution in [0.3, 0.4) is 0 Å². The molecule has 0 radical (unpaired) electrons. The van der Waals surface area contributed by atoms with Crippen molar-refractivity contribution in [3.05, 3.63) is 58.4 Å². The van der Waals surface area contributed by atoms with Crippen LogP contribution in [0.5, 0.6) is 0 Å². The maximum absolute atomic E-state index is 13.9. The molecule has 5 heteroatoms. The van der Waals surface area contributed by atoms with E-state index in [2.05, 4.69) is 22.8 Å². The average Bonchev–Trinajstić information content (AvgIpc) is 3.35. The van der Waals surface area contributed by atoms with E-state index in [4.69, 9.17) is 0 Å². The summed E-state index contributed by atoms with van der Waals surface area (Å²) in [6, 6.07) is 11.4. The Morgan fingerprint density at radius 2 is 1.93 bits per heavy atom. The summed E-state index contributed by atoms with van der Waals surface area (Å²) in [4.78, 5) is 11.9. The van der Waals surface area contributed by atoms with Crippen LogP contribution in [-0.4, -0.2) is 5.91 Å². The highest BCUT2D eigenvalue weighted by atomic mass is 19.1. The van der Waals surface area contributed by atoms with E-state index in [-0.39, 0.29) is 17.5 Å². The molecular formula is C24H22FN3O. The minimum atomic E-state index is -0.464. The molecule has 6 rings (SSSR count). The van der Waals surface area contributed by atoms with Crippen LogP contribution in [0.1, 0.15) is 59.9 Å². The van der Waals surface area contributed by atoms with Crippen LogP contribution in [0.25, 0.3) is 0 Å². The second kappa shape index (κ2) is 6.06. The van der Waals surface area contributed by atoms with E-state index in [0.29, 0.717) is 30.1 Å². The molecule has 4 aliphatic rings. The molecular weight excluding hydrogens is 365 g/mol. The molecule has 2 aromatic carbocycles. The second-order valence-electron chi connectivity index (χ2n) is 9.05. The van der Waals surface area contributed by atoms with Crippen LogP contribution < -0.4 is 10.6 Å². The van der Waals surface area contributed by atoms with Gasteiger partial charge in [-0.1, -0.05) is 12.1 Å². The summed E-state index contributed by atoms with van der Waals surface area (Å²) in [6.45, 7) is 0. The van der Waals surface area contributed by atoms with Crippen LogP contribution in [0, 0.1) is 34.9 Å². The molecule has 146 valence electrons. The first-order valence-corrected chi connectivity index (χ1v) is 10.5. The minimum absolute atomic E-state index is 0.0628. The van der Waals surface area contributed by atoms with Gasteiger partial charge in [0.2, 0.25) is 5.91 Å². The Labute approximate surface area is 169 Å². The molecule has 0 unspecified atom stereocenters. The fourth-order valence-corrected chi connectivity index (χ4v) is 6.52. The molecule has 0 saturated heterocycles. The first-order valence-electron chi connectivity index (χ1n) is 10.5. The quantitative estimate of drug-likeness (QED) is 0.733. The second-order valence-corrected chi connectivity index (χ2v) is 9.05. The van der Waals surface area contributed by atoms with Crippen molar-refractivity contribution in [2.45, 2.75) is 44.1 Å². The zero-order valence-corrected chi connectivity index (χ0v) is 16.0. The first kappa shape index (κ1) is 17.0. The van der Waals surface area contributed by atoms with Gasteiger partial charge in [0, 0.05) is 17.8 Å². The number of carbonyl (C=O) groups excluding carboxylic acids is 1. The Balaban J connectivity index is 1.48. The number of hydrogen-bond donors (Lipinski definition) is 2. The SMILES string of the molecule is N#Cc1cc([C@@H]2Nc3cc4c(cc3[C@H]3[C@@H]5CC[C@H](C5)[C@H]32)CCC(=O)N4)ccc1F. The van der Waals surface area contributed by atoms with E-state index in [1.54, 1.807) is 6.07 Å². The van der Waals surface area contributed by atoms with Crippen LogP contribution in [0.2, 0.25) is 0 Å². The first-order chi connectivity index (χ1) is 14.1. The third-order valence-corrected chi connectivity index (χ3v) is 7.68. The monoisotopic (exact) mass is 387 g/mol. The van der Waals surface area contributed by atoms with Gasteiger partial charge in [0.15, 0.2) is 0 Å². The van der Waals surface area contributed by atoms with Crippen molar-refractivity contribution in [3.8, 4) is 6.07 Å². The van der Waals surface area contributed by atoms with E-state index in [0.717, 1.165) is 23.4 Å². The van der Waals surface area contributed by atoms with E-state index in [9.17, 15) is 14.4 Å². The van der Waals surface area contributed by atoms with E-state index < -0.39 is 5.82 Å². The van der Waals surface area contributed by atoms with Gasteiger partial charge in [0.1, 0.15) is 11.9 Å². The van der Waals surface area contributed by atoms with E-state index in [1.807, 2.05) is 12.1 Å². The van der Waals surface area contributed by atoms with Gasteiger partial charge in [0.05, 0.1) is 11.6 Å². The fraction of sp³-hybridized carbons (Fsp3) is 0.417. The topological polar surface area (TPSA) is 64.9 Å². The number of nitrogens with zero attached hydrogens (tertiary/aromatic N) is 1. The van der Waals surface area contributed by atoms with E-state index in [1.165, 1.54) is 36.5 Å². The Kier molecular flexibility index (Phi) is 3.56. The third kappa shape index (κ3) is 2.45. The lowest BCUT2D eigenvalue weighted by atomic mass is 9.67. The van der Waals surface area contributed by atoms with Gasteiger partial charge in [-0.05, 0) is 84.2 Å². The molecule has 0 aromatic heterocycles. The van der Waals surface area contributed by atoms with Crippen molar-refractivity contribution in [2.24, 2.45) is 17.8 Å². The normalized spacial score (nSPS) is 31.2. The van der Waals surface area contributed by atoms with Crippen LogP contribution in [0.4, 0.5) is 15.8 Å². The van der Waals surface area contributed by atoms with Crippen molar-refractivity contribution in [3.63, 3.8) is 0 Å². The summed E-state index contributed by atoms with van der Waals surface area (Å²) in [5, 5.41) is 16.0. The van der Waals surface area contributed by atoms with Gasteiger partial charge < -0.3 is 10.6 Å². The Morgan fingerprint density at radius 1 is 1.07 bits per heavy atom. The lowest BCUT2D eigenvalue weighted by Gasteiger charge is -2.44. The molecule has 2 heterocycles. The van der Waals surface area contributed by atoms with Gasteiger partial charge in [-0.25, -0.2) is 4.39 Å². The number of carbonyl (C=O) groups is 1. The maximum Gasteiger partial charge on any atom is 0.224 e. The summed E-state index contributed by atoms with van der Waals surface area (Å²) in [5.74, 6) is 1.93. The van der Waals surface area contributed by atoms with Gasteiger partial charge in [-0.15, -0.1) is 0 Å². The summed E-state index contributed by atoms with van der Waals surface area (Å²) >= 11 is 0. The fourth-order valence-electron chi connectivity index (χ4n) is 6.52. The number of aryl methyl sites for hydroxylation is 1. The molecule has 5 atom stereocenters. The Bertz CT molecular complexity index is 1090. The summed E-state index contributed by atoms with van der Waals surface area (Å²) in [6.07, 6.45) is 5.14. The van der Waals surface area contributed by atoms with Crippen LogP contribution >= 0.6 is 0 Å². The molecule has 2 aliphatic heterocycles. The van der Waals surface area contributed by atoms with Gasteiger partial charge in [0.25, 0.3) is 0 Å². The largest absolute Gasteiger partial charge is 0.378 e. The van der Waals surface area contributed by atoms with Gasteiger partial charge in [-0.2, -0.15) is 5.26 Å². The van der Waals surface area contributed by atoms with Crippen molar-refractivity contribution < 1.29 is 9.18 Å². The highest BCUT2D eigenvalue weighted by molar-refractivity contribution is 5.95. The predicted octanol–water partition coefficient (Wildman–Crippen LogP) is 4.88. The van der Waals surface area contributed by atoms with Crippen LogP contribution in [-0.2, 0) is 11.2 Å². The lowest BCUT2D eigenvalue weighted by molar-refractivity contribution is -0.116. The number of nitrogens with one attached hydrogen (secondary N) is 2.